The summed E-state index contributed by atoms with van der Waals surface area (Å²) in [4.78, 5) is 4.74. The first-order valence-electron chi connectivity index (χ1n) is 15.8. The summed E-state index contributed by atoms with van der Waals surface area (Å²) in [5.74, 6) is 0. The molecule has 0 saturated heterocycles. The predicted octanol–water partition coefficient (Wildman–Crippen LogP) is 12.1. The first-order valence-corrected chi connectivity index (χ1v) is 15.8. The Bertz CT molecular complexity index is 530. The summed E-state index contributed by atoms with van der Waals surface area (Å²) in [5, 5.41) is 0. The lowest BCUT2D eigenvalue weighted by molar-refractivity contribution is 0.534. The van der Waals surface area contributed by atoms with Crippen LogP contribution >= 0.6 is 17.0 Å². The van der Waals surface area contributed by atoms with Gasteiger partial charge in [0.25, 0.3) is 0 Å². The Labute approximate surface area is 231 Å². The van der Waals surface area contributed by atoms with Crippen molar-refractivity contribution in [2.75, 3.05) is 0 Å². The standard InChI is InChI=1S/C33H61N.BrH/c1-3-5-7-9-11-13-15-16-17-18-20-22-24-26-30-33-32(29-27-31-34-33)28-25-23-21-19-14-12-10-8-6-4-2;/h27,29,31H,3-26,28,30H2,1-2H3;1H. The summed E-state index contributed by atoms with van der Waals surface area (Å²) in [6, 6.07) is 4.47. The molecule has 0 aliphatic heterocycles. The topological polar surface area (TPSA) is 12.9 Å². The zero-order valence-electron chi connectivity index (χ0n) is 24.0. The normalized spacial score (nSPS) is 11.0. The molecule has 0 radical (unpaired) electrons. The monoisotopic (exact) mass is 551 g/mol. The molecular formula is C33H62BrN. The number of hydrogen-bond acceptors (Lipinski definition) is 1. The van der Waals surface area contributed by atoms with Gasteiger partial charge in [0.1, 0.15) is 0 Å². The molecule has 0 N–H and O–H groups in total. The van der Waals surface area contributed by atoms with Crippen LogP contribution in [0.3, 0.4) is 0 Å². The van der Waals surface area contributed by atoms with E-state index in [0.29, 0.717) is 0 Å². The number of halogens is 1. The quantitative estimate of drug-likeness (QED) is 0.104. The van der Waals surface area contributed by atoms with E-state index in [-0.39, 0.29) is 17.0 Å². The van der Waals surface area contributed by atoms with E-state index in [1.54, 1.807) is 0 Å². The van der Waals surface area contributed by atoms with Crippen LogP contribution in [0.15, 0.2) is 18.3 Å². The molecule has 1 aromatic rings. The van der Waals surface area contributed by atoms with Crippen LogP contribution < -0.4 is 0 Å². The Balaban J connectivity index is 0.0000116. The summed E-state index contributed by atoms with van der Waals surface area (Å²) < 4.78 is 0. The highest BCUT2D eigenvalue weighted by Crippen LogP contribution is 2.17. The molecule has 0 unspecified atom stereocenters. The molecule has 0 bridgehead atoms. The predicted molar refractivity (Wildman–Crippen MR) is 164 cm³/mol. The number of aromatic nitrogens is 1. The third-order valence-corrected chi connectivity index (χ3v) is 7.55. The average molecular weight is 553 g/mol. The van der Waals surface area contributed by atoms with E-state index in [9.17, 15) is 0 Å². The van der Waals surface area contributed by atoms with Gasteiger partial charge in [0.15, 0.2) is 0 Å². The molecule has 1 nitrogen and oxygen atoms in total. The minimum Gasteiger partial charge on any atom is -0.261 e. The van der Waals surface area contributed by atoms with Crippen LogP contribution in [0.25, 0.3) is 0 Å². The minimum atomic E-state index is 0. The van der Waals surface area contributed by atoms with Crippen LogP contribution in [-0.2, 0) is 12.8 Å². The first kappa shape index (κ1) is 34.6. The van der Waals surface area contributed by atoms with Gasteiger partial charge in [0.05, 0.1) is 0 Å². The van der Waals surface area contributed by atoms with Gasteiger partial charge in [-0.05, 0) is 37.3 Å². The van der Waals surface area contributed by atoms with Gasteiger partial charge in [-0.3, -0.25) is 4.98 Å². The van der Waals surface area contributed by atoms with E-state index < -0.39 is 0 Å². The van der Waals surface area contributed by atoms with Crippen molar-refractivity contribution in [2.45, 2.75) is 181 Å². The van der Waals surface area contributed by atoms with Crippen molar-refractivity contribution in [3.8, 4) is 0 Å². The largest absolute Gasteiger partial charge is 0.261 e. The number of hydrogen-bond donors (Lipinski definition) is 0. The fraction of sp³-hybridized carbons (Fsp3) is 0.848. The van der Waals surface area contributed by atoms with Crippen molar-refractivity contribution >= 4 is 17.0 Å². The van der Waals surface area contributed by atoms with Gasteiger partial charge in [0.2, 0.25) is 0 Å². The van der Waals surface area contributed by atoms with Crippen LogP contribution in [0.5, 0.6) is 0 Å². The molecular weight excluding hydrogens is 490 g/mol. The molecule has 0 aliphatic carbocycles. The minimum absolute atomic E-state index is 0. The van der Waals surface area contributed by atoms with Crippen molar-refractivity contribution in [1.82, 2.24) is 4.98 Å². The second kappa shape index (κ2) is 28.2. The number of aryl methyl sites for hydroxylation is 2. The maximum Gasteiger partial charge on any atom is 0.0435 e. The highest BCUT2D eigenvalue weighted by molar-refractivity contribution is 8.93. The van der Waals surface area contributed by atoms with Gasteiger partial charge in [-0.25, -0.2) is 0 Å². The van der Waals surface area contributed by atoms with Crippen molar-refractivity contribution in [3.63, 3.8) is 0 Å². The molecule has 0 saturated carbocycles. The van der Waals surface area contributed by atoms with Crippen LogP contribution in [-0.4, -0.2) is 4.98 Å². The van der Waals surface area contributed by atoms with Gasteiger partial charge in [-0.1, -0.05) is 161 Å². The zero-order valence-corrected chi connectivity index (χ0v) is 25.7. The Morgan fingerprint density at radius 2 is 0.800 bits per heavy atom. The molecule has 1 rings (SSSR count). The summed E-state index contributed by atoms with van der Waals surface area (Å²) in [7, 11) is 0. The highest BCUT2D eigenvalue weighted by atomic mass is 79.9. The number of nitrogens with zero attached hydrogens (tertiary/aromatic N) is 1. The third kappa shape index (κ3) is 22.5. The smallest absolute Gasteiger partial charge is 0.0435 e. The molecule has 1 heterocycles. The van der Waals surface area contributed by atoms with Gasteiger partial charge in [-0.15, -0.1) is 17.0 Å². The Morgan fingerprint density at radius 1 is 0.457 bits per heavy atom. The van der Waals surface area contributed by atoms with Crippen LogP contribution in [0, 0.1) is 0 Å². The molecule has 0 aliphatic rings. The molecule has 0 amide bonds. The highest BCUT2D eigenvalue weighted by Gasteiger charge is 2.04. The third-order valence-electron chi connectivity index (χ3n) is 7.55. The number of pyridine rings is 1. The summed E-state index contributed by atoms with van der Waals surface area (Å²) in [6.07, 6.45) is 38.6. The van der Waals surface area contributed by atoms with Crippen molar-refractivity contribution < 1.29 is 0 Å². The zero-order chi connectivity index (χ0) is 24.4. The molecule has 0 aromatic carbocycles. The van der Waals surface area contributed by atoms with E-state index in [0.717, 1.165) is 0 Å². The molecule has 206 valence electrons. The maximum atomic E-state index is 4.74. The Kier molecular flexibility index (Phi) is 27.9. The first-order chi connectivity index (χ1) is 16.9. The number of rotatable bonds is 26. The summed E-state index contributed by atoms with van der Waals surface area (Å²) in [5.41, 5.74) is 2.91. The van der Waals surface area contributed by atoms with Crippen LogP contribution in [0.4, 0.5) is 0 Å². The molecule has 0 fully saturated rings. The maximum absolute atomic E-state index is 4.74. The summed E-state index contributed by atoms with van der Waals surface area (Å²) in [6.45, 7) is 4.60. The van der Waals surface area contributed by atoms with E-state index in [1.807, 2.05) is 6.20 Å². The van der Waals surface area contributed by atoms with Gasteiger partial charge in [0, 0.05) is 11.9 Å². The Hall–Kier alpha value is -0.370. The van der Waals surface area contributed by atoms with Gasteiger partial charge in [-0.2, -0.15) is 0 Å². The lowest BCUT2D eigenvalue weighted by Gasteiger charge is -2.09. The van der Waals surface area contributed by atoms with Crippen LogP contribution in [0.1, 0.15) is 179 Å². The second-order valence-corrected chi connectivity index (χ2v) is 10.9. The fourth-order valence-electron chi connectivity index (χ4n) is 5.21. The molecule has 0 atom stereocenters. The SMILES string of the molecule is Br.CCCCCCCCCCCCCCCCc1ncccc1CCCCCCCCCCCC. The van der Waals surface area contributed by atoms with E-state index in [2.05, 4.69) is 26.0 Å². The molecule has 1 aromatic heterocycles. The lowest BCUT2D eigenvalue weighted by atomic mass is 10.00. The second-order valence-electron chi connectivity index (χ2n) is 10.9. The average Bonchev–Trinajstić information content (AvgIpc) is 2.86. The Morgan fingerprint density at radius 3 is 1.20 bits per heavy atom. The van der Waals surface area contributed by atoms with E-state index >= 15 is 0 Å². The molecule has 0 spiro atoms. The van der Waals surface area contributed by atoms with Gasteiger partial charge >= 0.3 is 0 Å². The van der Waals surface area contributed by atoms with E-state index in [1.165, 1.54) is 178 Å². The molecule has 2 heteroatoms. The van der Waals surface area contributed by atoms with Crippen molar-refractivity contribution in [2.24, 2.45) is 0 Å². The fourth-order valence-corrected chi connectivity index (χ4v) is 5.21. The van der Waals surface area contributed by atoms with Crippen LogP contribution in [0.2, 0.25) is 0 Å². The number of unbranched alkanes of at least 4 members (excludes halogenated alkanes) is 22. The van der Waals surface area contributed by atoms with Crippen molar-refractivity contribution in [1.29, 1.82) is 0 Å². The summed E-state index contributed by atoms with van der Waals surface area (Å²) >= 11 is 0. The molecule has 35 heavy (non-hydrogen) atoms. The lowest BCUT2D eigenvalue weighted by Crippen LogP contribution is -1.98. The van der Waals surface area contributed by atoms with E-state index in [4.69, 9.17) is 4.98 Å². The van der Waals surface area contributed by atoms with Gasteiger partial charge < -0.3 is 0 Å². The van der Waals surface area contributed by atoms with Crippen molar-refractivity contribution in [3.05, 3.63) is 29.6 Å².